The van der Waals surface area contributed by atoms with Crippen LogP contribution in [0.5, 0.6) is 0 Å². The summed E-state index contributed by atoms with van der Waals surface area (Å²) in [5.74, 6) is -0.253. The molecule has 0 bridgehead atoms. The van der Waals surface area contributed by atoms with E-state index in [2.05, 4.69) is 5.32 Å². The van der Waals surface area contributed by atoms with E-state index in [0.717, 1.165) is 0 Å². The van der Waals surface area contributed by atoms with Crippen molar-refractivity contribution in [3.05, 3.63) is 0 Å². The monoisotopic (exact) mass is 149 g/mol. The molecule has 0 aromatic carbocycles. The minimum atomic E-state index is -2.41. The molecule has 0 spiro atoms. The third-order valence-electron chi connectivity index (χ3n) is 1.57. The number of nitrogens with one attached hydrogen (secondary N) is 1. The lowest BCUT2D eigenvalue weighted by Gasteiger charge is -2.21. The van der Waals surface area contributed by atoms with Crippen LogP contribution in [-0.2, 0) is 4.79 Å². The fraction of sp³-hybridized carbons (Fsp3) is 0.833. The molecule has 1 rings (SSSR count). The van der Waals surface area contributed by atoms with Crippen molar-refractivity contribution in [2.75, 3.05) is 0 Å². The SMILES string of the molecule is O=C1CCCC(C(F)F)N1. The normalized spacial score (nSPS) is 26.7. The first-order chi connectivity index (χ1) is 4.70. The number of carbonyl (C=O) groups is 1. The number of carbonyl (C=O) groups excluding carboxylic acids is 1. The summed E-state index contributed by atoms with van der Waals surface area (Å²) >= 11 is 0. The van der Waals surface area contributed by atoms with Gasteiger partial charge in [-0.05, 0) is 12.8 Å². The van der Waals surface area contributed by atoms with Crippen molar-refractivity contribution in [3.63, 3.8) is 0 Å². The molecule has 4 heteroatoms. The summed E-state index contributed by atoms with van der Waals surface area (Å²) in [6, 6.07) is -0.902. The molecule has 1 fully saturated rings. The number of amides is 1. The van der Waals surface area contributed by atoms with Crippen molar-refractivity contribution in [1.82, 2.24) is 5.32 Å². The fourth-order valence-electron chi connectivity index (χ4n) is 1.02. The topological polar surface area (TPSA) is 29.1 Å². The molecule has 10 heavy (non-hydrogen) atoms. The molecule has 0 aliphatic carbocycles. The van der Waals surface area contributed by atoms with E-state index in [0.29, 0.717) is 19.3 Å². The highest BCUT2D eigenvalue weighted by molar-refractivity contribution is 5.76. The minimum Gasteiger partial charge on any atom is -0.348 e. The second kappa shape index (κ2) is 2.94. The van der Waals surface area contributed by atoms with Gasteiger partial charge >= 0.3 is 0 Å². The van der Waals surface area contributed by atoms with Gasteiger partial charge in [-0.3, -0.25) is 4.79 Å². The summed E-state index contributed by atoms with van der Waals surface area (Å²) in [6.45, 7) is 0. The largest absolute Gasteiger partial charge is 0.348 e. The number of rotatable bonds is 1. The molecule has 1 heterocycles. The van der Waals surface area contributed by atoms with Gasteiger partial charge in [0.05, 0.1) is 6.04 Å². The molecule has 0 aromatic rings. The molecule has 0 radical (unpaired) electrons. The minimum absolute atomic E-state index is 0.253. The zero-order chi connectivity index (χ0) is 7.56. The summed E-state index contributed by atoms with van der Waals surface area (Å²) in [5.41, 5.74) is 0. The standard InChI is InChI=1S/C6H9F2NO/c7-6(8)4-2-1-3-5(10)9-4/h4,6H,1-3H2,(H,9,10). The molecule has 1 unspecified atom stereocenters. The molecule has 1 atom stereocenters. The van der Waals surface area contributed by atoms with Gasteiger partial charge in [0.1, 0.15) is 0 Å². The third kappa shape index (κ3) is 1.65. The number of hydrogen-bond donors (Lipinski definition) is 1. The maximum Gasteiger partial charge on any atom is 0.258 e. The predicted octanol–water partition coefficient (Wildman–Crippen LogP) is 0.920. The highest BCUT2D eigenvalue weighted by atomic mass is 19.3. The van der Waals surface area contributed by atoms with Crippen molar-refractivity contribution >= 4 is 5.91 Å². The molecular formula is C6H9F2NO. The van der Waals surface area contributed by atoms with Gasteiger partial charge in [-0.1, -0.05) is 0 Å². The summed E-state index contributed by atoms with van der Waals surface area (Å²) < 4.78 is 23.8. The summed E-state index contributed by atoms with van der Waals surface area (Å²) in [7, 11) is 0. The maximum atomic E-state index is 11.9. The molecule has 1 N–H and O–H groups in total. The Labute approximate surface area is 57.6 Å². The van der Waals surface area contributed by atoms with Crippen LogP contribution >= 0.6 is 0 Å². The van der Waals surface area contributed by atoms with Gasteiger partial charge in [0.25, 0.3) is 6.43 Å². The van der Waals surface area contributed by atoms with Crippen LogP contribution in [0.3, 0.4) is 0 Å². The van der Waals surface area contributed by atoms with Crippen molar-refractivity contribution in [2.45, 2.75) is 31.7 Å². The summed E-state index contributed by atoms with van der Waals surface area (Å²) in [6.07, 6.45) is -1.03. The van der Waals surface area contributed by atoms with Crippen molar-refractivity contribution in [1.29, 1.82) is 0 Å². The van der Waals surface area contributed by atoms with Crippen LogP contribution in [-0.4, -0.2) is 18.4 Å². The first kappa shape index (κ1) is 7.44. The van der Waals surface area contributed by atoms with Crippen LogP contribution in [0.4, 0.5) is 8.78 Å². The maximum absolute atomic E-state index is 11.9. The van der Waals surface area contributed by atoms with Crippen LogP contribution in [0.1, 0.15) is 19.3 Å². The van der Waals surface area contributed by atoms with Crippen molar-refractivity contribution < 1.29 is 13.6 Å². The van der Waals surface area contributed by atoms with Crippen LogP contribution in [0, 0.1) is 0 Å². The molecule has 2 nitrogen and oxygen atoms in total. The summed E-state index contributed by atoms with van der Waals surface area (Å²) in [5, 5.41) is 2.23. The number of piperidine rings is 1. The third-order valence-corrected chi connectivity index (χ3v) is 1.57. The number of alkyl halides is 2. The zero-order valence-electron chi connectivity index (χ0n) is 5.44. The van der Waals surface area contributed by atoms with Crippen LogP contribution in [0.25, 0.3) is 0 Å². The van der Waals surface area contributed by atoms with Crippen LogP contribution in [0.15, 0.2) is 0 Å². The van der Waals surface area contributed by atoms with Gasteiger partial charge in [-0.25, -0.2) is 8.78 Å². The molecule has 1 saturated heterocycles. The van der Waals surface area contributed by atoms with Gasteiger partial charge in [0, 0.05) is 6.42 Å². The van der Waals surface area contributed by atoms with E-state index in [9.17, 15) is 13.6 Å². The second-order valence-corrected chi connectivity index (χ2v) is 2.40. The Hall–Kier alpha value is -0.670. The Balaban J connectivity index is 2.39. The summed E-state index contributed by atoms with van der Waals surface area (Å²) in [4.78, 5) is 10.5. The van der Waals surface area contributed by atoms with Gasteiger partial charge in [0.15, 0.2) is 0 Å². The lowest BCUT2D eigenvalue weighted by molar-refractivity contribution is -0.124. The molecule has 1 aliphatic rings. The smallest absolute Gasteiger partial charge is 0.258 e. The van der Waals surface area contributed by atoms with Crippen LogP contribution < -0.4 is 5.32 Å². The average Bonchev–Trinajstić information content (AvgIpc) is 1.88. The van der Waals surface area contributed by atoms with E-state index in [-0.39, 0.29) is 5.91 Å². The van der Waals surface area contributed by atoms with E-state index < -0.39 is 12.5 Å². The highest BCUT2D eigenvalue weighted by Gasteiger charge is 2.25. The molecule has 0 saturated carbocycles. The fourth-order valence-corrected chi connectivity index (χ4v) is 1.02. The molecule has 1 aliphatic heterocycles. The lowest BCUT2D eigenvalue weighted by Crippen LogP contribution is -2.43. The van der Waals surface area contributed by atoms with Gasteiger partial charge in [-0.2, -0.15) is 0 Å². The van der Waals surface area contributed by atoms with E-state index in [4.69, 9.17) is 0 Å². The molecule has 0 aromatic heterocycles. The van der Waals surface area contributed by atoms with E-state index in [1.807, 2.05) is 0 Å². The van der Waals surface area contributed by atoms with Crippen molar-refractivity contribution in [2.24, 2.45) is 0 Å². The van der Waals surface area contributed by atoms with Gasteiger partial charge in [0.2, 0.25) is 5.91 Å². The predicted molar refractivity (Wildman–Crippen MR) is 31.8 cm³/mol. The number of halogens is 2. The highest BCUT2D eigenvalue weighted by Crippen LogP contribution is 2.13. The van der Waals surface area contributed by atoms with Crippen LogP contribution in [0.2, 0.25) is 0 Å². The van der Waals surface area contributed by atoms with E-state index >= 15 is 0 Å². The number of hydrogen-bond acceptors (Lipinski definition) is 1. The Morgan fingerprint density at radius 2 is 2.30 bits per heavy atom. The zero-order valence-corrected chi connectivity index (χ0v) is 5.44. The Bertz CT molecular complexity index is 138. The lowest BCUT2D eigenvalue weighted by atomic mass is 10.1. The first-order valence-corrected chi connectivity index (χ1v) is 3.27. The Kier molecular flexibility index (Phi) is 2.19. The quantitative estimate of drug-likeness (QED) is 0.590. The molecular weight excluding hydrogens is 140 g/mol. The first-order valence-electron chi connectivity index (χ1n) is 3.27. The average molecular weight is 149 g/mol. The molecule has 58 valence electrons. The Morgan fingerprint density at radius 1 is 1.60 bits per heavy atom. The van der Waals surface area contributed by atoms with E-state index in [1.54, 1.807) is 0 Å². The van der Waals surface area contributed by atoms with Gasteiger partial charge in [-0.15, -0.1) is 0 Å². The van der Waals surface area contributed by atoms with Crippen molar-refractivity contribution in [3.8, 4) is 0 Å². The Morgan fingerprint density at radius 3 is 2.70 bits per heavy atom. The second-order valence-electron chi connectivity index (χ2n) is 2.40. The van der Waals surface area contributed by atoms with E-state index in [1.165, 1.54) is 0 Å². The molecule has 1 amide bonds. The van der Waals surface area contributed by atoms with Gasteiger partial charge < -0.3 is 5.32 Å².